The Bertz CT molecular complexity index is 575. The van der Waals surface area contributed by atoms with E-state index in [0.717, 1.165) is 12.8 Å². The van der Waals surface area contributed by atoms with Crippen LogP contribution in [0.3, 0.4) is 0 Å². The van der Waals surface area contributed by atoms with Crippen LogP contribution in [0.2, 0.25) is 0 Å². The lowest BCUT2D eigenvalue weighted by molar-refractivity contribution is -0.143. The summed E-state index contributed by atoms with van der Waals surface area (Å²) in [5.41, 5.74) is 5.34. The predicted octanol–water partition coefficient (Wildman–Crippen LogP) is 1.95. The number of hydrogen-bond donors (Lipinski definition) is 2. The maximum atomic E-state index is 12.4. The summed E-state index contributed by atoms with van der Waals surface area (Å²) in [5.74, 6) is -0.134. The number of esters is 1. The van der Waals surface area contributed by atoms with Crippen molar-refractivity contribution < 1.29 is 23.9 Å². The van der Waals surface area contributed by atoms with Crippen LogP contribution in [0.4, 0.5) is 4.79 Å². The van der Waals surface area contributed by atoms with Gasteiger partial charge >= 0.3 is 12.1 Å². The number of hydrogen-bond acceptors (Lipinski definition) is 6. The molecule has 2 aliphatic rings. The van der Waals surface area contributed by atoms with Gasteiger partial charge in [0.1, 0.15) is 5.60 Å². The number of likely N-dealkylation sites (tertiary alicyclic amines) is 1. The van der Waals surface area contributed by atoms with Crippen molar-refractivity contribution in [2.24, 2.45) is 11.7 Å². The first kappa shape index (κ1) is 22.5. The highest BCUT2D eigenvalue weighted by Gasteiger charge is 2.41. The van der Waals surface area contributed by atoms with Gasteiger partial charge in [0.05, 0.1) is 12.6 Å². The fourth-order valence-electron chi connectivity index (χ4n) is 4.16. The van der Waals surface area contributed by atoms with Gasteiger partial charge in [0.2, 0.25) is 5.91 Å². The van der Waals surface area contributed by atoms with E-state index in [1.807, 2.05) is 25.7 Å². The van der Waals surface area contributed by atoms with Crippen molar-refractivity contribution in [2.45, 2.75) is 89.9 Å². The Hall–Kier alpha value is -1.83. The summed E-state index contributed by atoms with van der Waals surface area (Å²) in [6, 6.07) is -0.417. The highest BCUT2D eigenvalue weighted by Crippen LogP contribution is 2.34. The Morgan fingerprint density at radius 2 is 1.96 bits per heavy atom. The number of carbonyl (C=O) groups excluding carboxylic acids is 3. The summed E-state index contributed by atoms with van der Waals surface area (Å²) in [5, 5.41) is 2.94. The third kappa shape index (κ3) is 6.36. The van der Waals surface area contributed by atoms with Gasteiger partial charge in [-0.25, -0.2) is 4.79 Å². The van der Waals surface area contributed by atoms with Gasteiger partial charge in [0, 0.05) is 25.0 Å². The molecule has 8 nitrogen and oxygen atoms in total. The molecule has 1 unspecified atom stereocenters. The van der Waals surface area contributed by atoms with Crippen LogP contribution >= 0.6 is 0 Å². The maximum absolute atomic E-state index is 12.4. The number of alkyl carbamates (subject to hydrolysis) is 1. The molecule has 3 N–H and O–H groups in total. The molecule has 0 radical (unpaired) electrons. The zero-order valence-electron chi connectivity index (χ0n) is 17.5. The molecule has 160 valence electrons. The molecule has 1 heterocycles. The van der Waals surface area contributed by atoms with Crippen LogP contribution in [0, 0.1) is 5.92 Å². The van der Waals surface area contributed by atoms with E-state index in [1.54, 1.807) is 6.92 Å². The molecule has 0 bridgehead atoms. The molecular formula is C20H35N3O5. The van der Waals surface area contributed by atoms with Gasteiger partial charge in [-0.2, -0.15) is 0 Å². The quantitative estimate of drug-likeness (QED) is 0.663. The van der Waals surface area contributed by atoms with E-state index in [4.69, 9.17) is 15.2 Å². The van der Waals surface area contributed by atoms with Crippen molar-refractivity contribution in [3.8, 4) is 0 Å². The number of nitrogens with two attached hydrogens (primary N) is 1. The summed E-state index contributed by atoms with van der Waals surface area (Å²) in [6.07, 6.45) is 3.39. The third-order valence-corrected chi connectivity index (χ3v) is 5.37. The Morgan fingerprint density at radius 1 is 1.25 bits per heavy atom. The Morgan fingerprint density at radius 3 is 2.54 bits per heavy atom. The third-order valence-electron chi connectivity index (χ3n) is 5.37. The summed E-state index contributed by atoms with van der Waals surface area (Å²) < 4.78 is 10.4. The lowest BCUT2D eigenvalue weighted by atomic mass is 9.78. The molecule has 0 aromatic heterocycles. The number of ether oxygens (including phenoxy) is 2. The predicted molar refractivity (Wildman–Crippen MR) is 104 cm³/mol. The molecule has 0 aromatic carbocycles. The molecule has 1 saturated heterocycles. The molecule has 28 heavy (non-hydrogen) atoms. The van der Waals surface area contributed by atoms with E-state index < -0.39 is 17.7 Å². The van der Waals surface area contributed by atoms with Gasteiger partial charge in [-0.15, -0.1) is 0 Å². The second-order valence-electron chi connectivity index (χ2n) is 8.75. The van der Waals surface area contributed by atoms with Crippen molar-refractivity contribution in [3.05, 3.63) is 0 Å². The van der Waals surface area contributed by atoms with Gasteiger partial charge < -0.3 is 25.4 Å². The Balaban J connectivity index is 2.01. The SMILES string of the molecule is CCOC(=O)CCC1C[C@H](NC(=O)OC(C)(C)C)CC[C@@H]1N1CC[C@H](N)C1=O. The van der Waals surface area contributed by atoms with Crippen LogP contribution in [-0.2, 0) is 19.1 Å². The molecule has 0 aromatic rings. The van der Waals surface area contributed by atoms with Crippen LogP contribution in [0.5, 0.6) is 0 Å². The summed E-state index contributed by atoms with van der Waals surface area (Å²) in [4.78, 5) is 38.3. The van der Waals surface area contributed by atoms with Crippen LogP contribution in [0.15, 0.2) is 0 Å². The smallest absolute Gasteiger partial charge is 0.407 e. The van der Waals surface area contributed by atoms with Gasteiger partial charge in [-0.05, 0) is 65.7 Å². The molecule has 4 atom stereocenters. The minimum Gasteiger partial charge on any atom is -0.466 e. The highest BCUT2D eigenvalue weighted by atomic mass is 16.6. The van der Waals surface area contributed by atoms with E-state index in [1.165, 1.54) is 0 Å². The van der Waals surface area contributed by atoms with Crippen molar-refractivity contribution in [1.29, 1.82) is 0 Å². The lowest BCUT2D eigenvalue weighted by Crippen LogP contribution is -2.51. The number of carbonyl (C=O) groups is 3. The van der Waals surface area contributed by atoms with Gasteiger partial charge in [-0.1, -0.05) is 0 Å². The zero-order chi connectivity index (χ0) is 20.9. The van der Waals surface area contributed by atoms with Crippen LogP contribution < -0.4 is 11.1 Å². The van der Waals surface area contributed by atoms with Crippen LogP contribution in [-0.4, -0.2) is 59.7 Å². The molecule has 1 saturated carbocycles. The minimum absolute atomic E-state index is 0.00955. The first-order valence-electron chi connectivity index (χ1n) is 10.3. The second kappa shape index (κ2) is 9.58. The average molecular weight is 398 g/mol. The Labute approximate surface area is 167 Å². The zero-order valence-corrected chi connectivity index (χ0v) is 17.5. The normalized spacial score (nSPS) is 28.2. The van der Waals surface area contributed by atoms with Crippen molar-refractivity contribution >= 4 is 18.0 Å². The number of nitrogens with zero attached hydrogens (tertiary/aromatic N) is 1. The van der Waals surface area contributed by atoms with Crippen LogP contribution in [0.1, 0.15) is 66.2 Å². The standard InChI is InChI=1S/C20H35N3O5/c1-5-27-17(24)9-6-13-12-14(22-19(26)28-20(2,3)4)7-8-16(13)23-11-10-15(21)18(23)25/h13-16H,5-12,21H2,1-4H3,(H,22,26)/t13?,14-,15+,16+/m1/s1. The van der Waals surface area contributed by atoms with E-state index in [2.05, 4.69) is 5.32 Å². The van der Waals surface area contributed by atoms with E-state index in [9.17, 15) is 14.4 Å². The summed E-state index contributed by atoms with van der Waals surface area (Å²) in [6.45, 7) is 8.28. The molecular weight excluding hydrogens is 362 g/mol. The van der Waals surface area contributed by atoms with Gasteiger partial charge in [-0.3, -0.25) is 9.59 Å². The topological polar surface area (TPSA) is 111 Å². The largest absolute Gasteiger partial charge is 0.466 e. The highest BCUT2D eigenvalue weighted by molar-refractivity contribution is 5.84. The lowest BCUT2D eigenvalue weighted by Gasteiger charge is -2.41. The molecule has 2 rings (SSSR count). The van der Waals surface area contributed by atoms with E-state index in [0.29, 0.717) is 38.8 Å². The second-order valence-corrected chi connectivity index (χ2v) is 8.75. The molecule has 0 spiro atoms. The first-order valence-corrected chi connectivity index (χ1v) is 10.3. The fourth-order valence-corrected chi connectivity index (χ4v) is 4.16. The number of nitrogens with one attached hydrogen (secondary N) is 1. The first-order chi connectivity index (χ1) is 13.1. The fraction of sp³-hybridized carbons (Fsp3) is 0.850. The van der Waals surface area contributed by atoms with E-state index in [-0.39, 0.29) is 29.9 Å². The Kier molecular flexibility index (Phi) is 7.69. The monoisotopic (exact) mass is 397 g/mol. The average Bonchev–Trinajstić information content (AvgIpc) is 2.91. The van der Waals surface area contributed by atoms with Crippen molar-refractivity contribution in [1.82, 2.24) is 10.2 Å². The van der Waals surface area contributed by atoms with Crippen molar-refractivity contribution in [2.75, 3.05) is 13.2 Å². The van der Waals surface area contributed by atoms with Crippen molar-refractivity contribution in [3.63, 3.8) is 0 Å². The molecule has 1 aliphatic heterocycles. The summed E-state index contributed by atoms with van der Waals surface area (Å²) >= 11 is 0. The van der Waals surface area contributed by atoms with E-state index >= 15 is 0 Å². The van der Waals surface area contributed by atoms with Gasteiger partial charge in [0.15, 0.2) is 0 Å². The van der Waals surface area contributed by atoms with Crippen LogP contribution in [0.25, 0.3) is 0 Å². The maximum Gasteiger partial charge on any atom is 0.407 e. The molecule has 1 aliphatic carbocycles. The number of rotatable bonds is 6. The van der Waals surface area contributed by atoms with Gasteiger partial charge in [0.25, 0.3) is 0 Å². The number of amides is 2. The minimum atomic E-state index is -0.553. The molecule has 8 heteroatoms. The molecule has 2 amide bonds. The summed E-state index contributed by atoms with van der Waals surface area (Å²) in [7, 11) is 0. The molecule has 2 fully saturated rings.